The summed E-state index contributed by atoms with van der Waals surface area (Å²) >= 11 is 0. The average molecular weight is 761 g/mol. The monoisotopic (exact) mass is 760 g/mol. The summed E-state index contributed by atoms with van der Waals surface area (Å²) in [6, 6.07) is 9.33. The number of piperazine rings is 1. The molecule has 3 aromatic carbocycles. The SMILES string of the molecule is COCOc1cc(-c2ccc3c(N4CC5CCC(C4)N5C(=O)OC(C)(C)C)nc(F)nc3c2F)c2c(C#C[Si](C(C)C)(C(C)C)C(C)C)c(F)ccc2c1. The Balaban J connectivity index is 1.50. The molecule has 2 unspecified atom stereocenters. The predicted octanol–water partition coefficient (Wildman–Crippen LogP) is 10.0. The van der Waals surface area contributed by atoms with Gasteiger partial charge in [0.05, 0.1) is 17.6 Å². The van der Waals surface area contributed by atoms with Crippen molar-refractivity contribution in [2.45, 2.75) is 109 Å². The minimum absolute atomic E-state index is 0.0603. The fourth-order valence-corrected chi connectivity index (χ4v) is 14.0. The van der Waals surface area contributed by atoms with Gasteiger partial charge < -0.3 is 19.1 Å². The quantitative estimate of drug-likeness (QED) is 0.0766. The van der Waals surface area contributed by atoms with Gasteiger partial charge in [0.1, 0.15) is 36.6 Å². The van der Waals surface area contributed by atoms with Gasteiger partial charge in [0, 0.05) is 36.5 Å². The van der Waals surface area contributed by atoms with E-state index >= 15 is 13.2 Å². The molecule has 2 atom stereocenters. The lowest BCUT2D eigenvalue weighted by atomic mass is 9.93. The highest BCUT2D eigenvalue weighted by atomic mass is 28.3. The van der Waals surface area contributed by atoms with Gasteiger partial charge in [-0.1, -0.05) is 59.6 Å². The normalized spacial score (nSPS) is 17.6. The number of anilines is 1. The molecule has 1 amide bonds. The number of rotatable bonds is 8. The van der Waals surface area contributed by atoms with Crippen LogP contribution in [0.1, 0.15) is 80.7 Å². The van der Waals surface area contributed by atoms with Gasteiger partial charge in [-0.25, -0.2) is 13.6 Å². The lowest BCUT2D eigenvalue weighted by Crippen LogP contribution is -2.57. The molecule has 54 heavy (non-hydrogen) atoms. The zero-order chi connectivity index (χ0) is 39.3. The van der Waals surface area contributed by atoms with Crippen molar-refractivity contribution in [1.29, 1.82) is 0 Å². The molecule has 0 N–H and O–H groups in total. The van der Waals surface area contributed by atoms with Crippen LogP contribution < -0.4 is 9.64 Å². The van der Waals surface area contributed by atoms with Crippen LogP contribution in [0, 0.1) is 29.2 Å². The maximum Gasteiger partial charge on any atom is 0.410 e. The Labute approximate surface area is 317 Å². The van der Waals surface area contributed by atoms with Gasteiger partial charge in [-0.3, -0.25) is 4.90 Å². The highest BCUT2D eigenvalue weighted by Crippen LogP contribution is 2.43. The van der Waals surface area contributed by atoms with Gasteiger partial charge >= 0.3 is 12.2 Å². The Morgan fingerprint density at radius 1 is 0.926 bits per heavy atom. The number of aromatic nitrogens is 2. The molecule has 6 rings (SSSR count). The van der Waals surface area contributed by atoms with E-state index in [1.165, 1.54) is 13.2 Å². The van der Waals surface area contributed by atoms with Gasteiger partial charge in [0.25, 0.3) is 0 Å². The Morgan fingerprint density at radius 2 is 1.57 bits per heavy atom. The number of benzene rings is 3. The van der Waals surface area contributed by atoms with E-state index in [9.17, 15) is 4.79 Å². The van der Waals surface area contributed by atoms with Crippen LogP contribution in [0.2, 0.25) is 16.6 Å². The zero-order valence-corrected chi connectivity index (χ0v) is 33.9. The number of halogens is 3. The fourth-order valence-electron chi connectivity index (χ4n) is 8.82. The Kier molecular flexibility index (Phi) is 11.0. The maximum absolute atomic E-state index is 17.1. The van der Waals surface area contributed by atoms with E-state index < -0.39 is 31.4 Å². The molecule has 288 valence electrons. The van der Waals surface area contributed by atoms with Crippen molar-refractivity contribution < 1.29 is 32.2 Å². The predicted molar refractivity (Wildman–Crippen MR) is 210 cm³/mol. The van der Waals surface area contributed by atoms with Crippen molar-refractivity contribution in [2.75, 3.05) is 31.9 Å². The number of ether oxygens (including phenoxy) is 3. The molecule has 2 bridgehead atoms. The molecule has 3 heterocycles. The summed E-state index contributed by atoms with van der Waals surface area (Å²) in [6.45, 7) is 19.3. The number of carbonyl (C=O) groups is 1. The van der Waals surface area contributed by atoms with E-state index in [1.54, 1.807) is 35.2 Å². The minimum atomic E-state index is -2.28. The van der Waals surface area contributed by atoms with Gasteiger partial charge in [-0.05, 0) is 85.5 Å². The third-order valence-corrected chi connectivity index (χ3v) is 17.4. The Bertz CT molecular complexity index is 2110. The molecule has 8 nitrogen and oxygen atoms in total. The third-order valence-electron chi connectivity index (χ3n) is 11.1. The molecule has 0 saturated carbocycles. The van der Waals surface area contributed by atoms with E-state index in [4.69, 9.17) is 14.2 Å². The van der Waals surface area contributed by atoms with Crippen molar-refractivity contribution in [1.82, 2.24) is 14.9 Å². The van der Waals surface area contributed by atoms with Crippen LogP contribution in [0.3, 0.4) is 0 Å². The molecular formula is C42H51F3N4O4Si. The molecule has 2 aliphatic heterocycles. The standard InChI is InChI=1S/C42H51F3N4O4Si/c1-24(2)54(25(3)4,26(5)6)18-17-32-35(43)16-11-27-19-30(52-23-51-10)20-34(36(27)32)31-14-15-33-38(37(31)44)46-40(45)47-39(33)48-21-28-12-13-29(22-48)49(28)41(50)53-42(7,8)9/h11,14-16,19-20,24-26,28-29H,12-13,21-23H2,1-10H3. The number of nitrogens with zero attached hydrogens (tertiary/aromatic N) is 4. The van der Waals surface area contributed by atoms with Crippen LogP contribution in [0.5, 0.6) is 5.75 Å². The second-order valence-electron chi connectivity index (χ2n) is 16.5. The lowest BCUT2D eigenvalue weighted by Gasteiger charge is -2.42. The third kappa shape index (κ3) is 7.25. The van der Waals surface area contributed by atoms with E-state index in [0.717, 1.165) is 12.8 Å². The summed E-state index contributed by atoms with van der Waals surface area (Å²) < 4.78 is 65.1. The van der Waals surface area contributed by atoms with E-state index in [0.29, 0.717) is 57.2 Å². The van der Waals surface area contributed by atoms with Crippen LogP contribution in [0.4, 0.5) is 23.8 Å². The van der Waals surface area contributed by atoms with E-state index in [1.807, 2.05) is 25.7 Å². The smallest absolute Gasteiger partial charge is 0.410 e. The molecular weight excluding hydrogens is 710 g/mol. The number of carbonyl (C=O) groups excluding carboxylic acids is 1. The van der Waals surface area contributed by atoms with Crippen molar-refractivity contribution >= 4 is 41.7 Å². The van der Waals surface area contributed by atoms with Gasteiger partial charge in [0.15, 0.2) is 12.6 Å². The first-order valence-electron chi connectivity index (χ1n) is 18.8. The first kappa shape index (κ1) is 39.4. The summed E-state index contributed by atoms with van der Waals surface area (Å²) in [5.74, 6) is 2.62. The number of hydrogen-bond donors (Lipinski definition) is 0. The lowest BCUT2D eigenvalue weighted by molar-refractivity contribution is 0.0122. The molecule has 2 saturated heterocycles. The maximum atomic E-state index is 17.1. The van der Waals surface area contributed by atoms with Crippen molar-refractivity contribution in [2.24, 2.45) is 0 Å². The second kappa shape index (κ2) is 15.1. The first-order chi connectivity index (χ1) is 25.5. The number of methoxy groups -OCH3 is 1. The van der Waals surface area contributed by atoms with Crippen LogP contribution in [0.15, 0.2) is 36.4 Å². The second-order valence-corrected chi connectivity index (χ2v) is 22.1. The molecule has 0 aliphatic carbocycles. The summed E-state index contributed by atoms with van der Waals surface area (Å²) in [5.41, 5.74) is 4.32. The van der Waals surface area contributed by atoms with Crippen LogP contribution >= 0.6 is 0 Å². The highest BCUT2D eigenvalue weighted by molar-refractivity contribution is 6.90. The highest BCUT2D eigenvalue weighted by Gasteiger charge is 2.45. The first-order valence-corrected chi connectivity index (χ1v) is 21.0. The number of fused-ring (bicyclic) bond motifs is 4. The van der Waals surface area contributed by atoms with Gasteiger partial charge in [-0.2, -0.15) is 14.4 Å². The average Bonchev–Trinajstić information content (AvgIpc) is 3.36. The Hall–Kier alpha value is -4.34. The van der Waals surface area contributed by atoms with Crippen molar-refractivity contribution in [3.63, 3.8) is 0 Å². The molecule has 12 heteroatoms. The topological polar surface area (TPSA) is 77.0 Å². The van der Waals surface area contributed by atoms with Crippen LogP contribution in [-0.4, -0.2) is 73.7 Å². The molecule has 0 radical (unpaired) electrons. The summed E-state index contributed by atoms with van der Waals surface area (Å²) in [6.07, 6.45) is 0.0674. The largest absolute Gasteiger partial charge is 0.468 e. The molecule has 4 aromatic rings. The van der Waals surface area contributed by atoms with Gasteiger partial charge in [0.2, 0.25) is 0 Å². The van der Waals surface area contributed by atoms with Crippen LogP contribution in [-0.2, 0) is 9.47 Å². The number of hydrogen-bond acceptors (Lipinski definition) is 7. The zero-order valence-electron chi connectivity index (χ0n) is 32.9. The van der Waals surface area contributed by atoms with E-state index in [-0.39, 0.29) is 47.4 Å². The molecule has 0 spiro atoms. The summed E-state index contributed by atoms with van der Waals surface area (Å²) in [7, 11) is -0.787. The summed E-state index contributed by atoms with van der Waals surface area (Å²) in [5, 5.41) is 1.35. The Morgan fingerprint density at radius 3 is 2.17 bits per heavy atom. The summed E-state index contributed by atoms with van der Waals surface area (Å²) in [4.78, 5) is 24.9. The molecule has 2 aliphatic rings. The van der Waals surface area contributed by atoms with Crippen molar-refractivity contribution in [3.05, 3.63) is 59.7 Å². The molecule has 2 fully saturated rings. The minimum Gasteiger partial charge on any atom is -0.468 e. The molecule has 1 aromatic heterocycles. The number of amides is 1. The van der Waals surface area contributed by atoms with E-state index in [2.05, 4.69) is 63.0 Å². The van der Waals surface area contributed by atoms with Gasteiger partial charge in [-0.15, -0.1) is 5.54 Å². The van der Waals surface area contributed by atoms with Crippen LogP contribution in [0.25, 0.3) is 32.8 Å². The van der Waals surface area contributed by atoms with Crippen molar-refractivity contribution in [3.8, 4) is 28.3 Å². The fraction of sp³-hybridized carbons (Fsp3) is 0.500.